The third kappa shape index (κ3) is 19.0. The fraction of sp³-hybridized carbons (Fsp3) is 0.688. The van der Waals surface area contributed by atoms with Gasteiger partial charge in [0.15, 0.2) is 0 Å². The van der Waals surface area contributed by atoms with Gasteiger partial charge in [0, 0.05) is 80.2 Å². The van der Waals surface area contributed by atoms with E-state index >= 15 is 0 Å². The standard InChI is InChI=1S/C16H29N5O8.Gd.H2O/c1-17-12(22)7-20(10-15(26)27)5-3-19(9-14(24)25)4-6-21(11-16(28)29)8-13(23)18-2;;/h3-11H2,1-2H3,(H,17,22)(H,18,23)(H,24,25)(H,26,27)(H,28,29);;1H2. The van der Waals surface area contributed by atoms with Gasteiger partial charge in [0.25, 0.3) is 0 Å². The van der Waals surface area contributed by atoms with Crippen molar-refractivity contribution in [2.24, 2.45) is 0 Å². The van der Waals surface area contributed by atoms with Crippen LogP contribution < -0.4 is 10.6 Å². The van der Waals surface area contributed by atoms with Gasteiger partial charge in [-0.3, -0.25) is 38.7 Å². The zero-order chi connectivity index (χ0) is 22.4. The van der Waals surface area contributed by atoms with Crippen molar-refractivity contribution in [3.8, 4) is 0 Å². The van der Waals surface area contributed by atoms with Gasteiger partial charge in [-0.2, -0.15) is 0 Å². The smallest absolute Gasteiger partial charge is 0.317 e. The second kappa shape index (κ2) is 19.2. The first kappa shape index (κ1) is 34.1. The Balaban J connectivity index is -0.00000392. The number of nitrogens with zero attached hydrogens (tertiary/aromatic N) is 3. The van der Waals surface area contributed by atoms with Gasteiger partial charge in [0.2, 0.25) is 11.8 Å². The molecule has 31 heavy (non-hydrogen) atoms. The molecule has 0 aliphatic carbocycles. The molecule has 0 aliphatic heterocycles. The van der Waals surface area contributed by atoms with Gasteiger partial charge in [0.05, 0.1) is 32.7 Å². The molecule has 15 heteroatoms. The molecule has 0 spiro atoms. The van der Waals surface area contributed by atoms with E-state index in [9.17, 15) is 24.0 Å². The Morgan fingerprint density at radius 3 is 1.10 bits per heavy atom. The van der Waals surface area contributed by atoms with E-state index in [0.29, 0.717) is 0 Å². The van der Waals surface area contributed by atoms with Gasteiger partial charge >= 0.3 is 17.9 Å². The van der Waals surface area contributed by atoms with E-state index in [1.54, 1.807) is 0 Å². The molecule has 182 valence electrons. The summed E-state index contributed by atoms with van der Waals surface area (Å²) in [5.41, 5.74) is 0. The van der Waals surface area contributed by atoms with Crippen LogP contribution in [0.3, 0.4) is 0 Å². The molecule has 0 rings (SSSR count). The van der Waals surface area contributed by atoms with Crippen LogP contribution in [0.1, 0.15) is 0 Å². The van der Waals surface area contributed by atoms with Gasteiger partial charge in [0.1, 0.15) is 0 Å². The average molecular weight is 595 g/mol. The summed E-state index contributed by atoms with van der Waals surface area (Å²) >= 11 is 0. The zero-order valence-corrected chi connectivity index (χ0v) is 19.7. The van der Waals surface area contributed by atoms with Crippen molar-refractivity contribution in [1.29, 1.82) is 0 Å². The van der Waals surface area contributed by atoms with E-state index in [1.165, 1.54) is 28.8 Å². The van der Waals surface area contributed by atoms with Crippen molar-refractivity contribution in [3.05, 3.63) is 0 Å². The third-order valence-electron chi connectivity index (χ3n) is 3.83. The molecule has 0 unspecified atom stereocenters. The first-order chi connectivity index (χ1) is 13.6. The van der Waals surface area contributed by atoms with E-state index in [0.717, 1.165) is 0 Å². The number of rotatable bonds is 16. The van der Waals surface area contributed by atoms with Gasteiger partial charge in [-0.15, -0.1) is 0 Å². The summed E-state index contributed by atoms with van der Waals surface area (Å²) in [7, 11) is 2.84. The largest absolute Gasteiger partial charge is 0.480 e. The van der Waals surface area contributed by atoms with Crippen LogP contribution in [-0.4, -0.2) is 138 Å². The number of carbonyl (C=O) groups excluding carboxylic acids is 2. The molecule has 7 N–H and O–H groups in total. The van der Waals surface area contributed by atoms with Crippen molar-refractivity contribution in [3.63, 3.8) is 0 Å². The summed E-state index contributed by atoms with van der Waals surface area (Å²) in [5.74, 6) is -4.13. The predicted molar refractivity (Wildman–Crippen MR) is 104 cm³/mol. The third-order valence-corrected chi connectivity index (χ3v) is 3.83. The molecule has 0 heterocycles. The van der Waals surface area contributed by atoms with Crippen LogP contribution in [0.2, 0.25) is 0 Å². The van der Waals surface area contributed by atoms with Gasteiger partial charge in [-0.1, -0.05) is 0 Å². The molecule has 0 aromatic heterocycles. The van der Waals surface area contributed by atoms with Gasteiger partial charge in [-0.05, 0) is 0 Å². The maximum absolute atomic E-state index is 11.5. The SMILES string of the molecule is CNC(=O)CN(CCN(CCN(CC(=O)O)CC(=O)NC)CC(=O)O)CC(=O)O.O.[Gd]. The second-order valence-electron chi connectivity index (χ2n) is 6.23. The number of aliphatic carboxylic acids is 3. The summed E-state index contributed by atoms with van der Waals surface area (Å²) in [5, 5.41) is 31.8. The second-order valence-corrected chi connectivity index (χ2v) is 6.23. The maximum Gasteiger partial charge on any atom is 0.317 e. The van der Waals surface area contributed by atoms with Crippen LogP contribution in [0.4, 0.5) is 0 Å². The monoisotopic (exact) mass is 595 g/mol. The van der Waals surface area contributed by atoms with Crippen LogP contribution in [0.15, 0.2) is 0 Å². The summed E-state index contributed by atoms with van der Waals surface area (Å²) in [6, 6.07) is 0. The minimum absolute atomic E-state index is 0. The van der Waals surface area contributed by atoms with E-state index in [2.05, 4.69) is 10.6 Å². The summed E-state index contributed by atoms with van der Waals surface area (Å²) in [4.78, 5) is 60.3. The fourth-order valence-electron chi connectivity index (χ4n) is 2.40. The normalized spacial score (nSPS) is 10.2. The first-order valence-corrected chi connectivity index (χ1v) is 8.81. The van der Waals surface area contributed by atoms with Crippen molar-refractivity contribution in [1.82, 2.24) is 25.3 Å². The van der Waals surface area contributed by atoms with Crippen molar-refractivity contribution in [2.45, 2.75) is 0 Å². The number of likely N-dealkylation sites (N-methyl/N-ethyl adjacent to an activating group) is 2. The van der Waals surface area contributed by atoms with Gasteiger partial charge < -0.3 is 31.4 Å². The van der Waals surface area contributed by atoms with Crippen LogP contribution >= 0.6 is 0 Å². The average Bonchev–Trinajstić information content (AvgIpc) is 2.61. The quantitative estimate of drug-likeness (QED) is 0.116. The molecule has 0 radical (unpaired) electrons. The number of amides is 2. The Kier molecular flexibility index (Phi) is 21.2. The van der Waals surface area contributed by atoms with E-state index in [1.807, 2.05) is 0 Å². The van der Waals surface area contributed by atoms with E-state index < -0.39 is 31.0 Å². The molecule has 0 saturated heterocycles. The number of carboxylic acid groups (broad SMARTS) is 3. The predicted octanol–water partition coefficient (Wildman–Crippen LogP) is -4.19. The Hall–Kier alpha value is -1.49. The van der Waals surface area contributed by atoms with Crippen LogP contribution in [-0.2, 0) is 24.0 Å². The minimum atomic E-state index is -1.13. The first-order valence-electron chi connectivity index (χ1n) is 8.81. The molecular weight excluding hydrogens is 563 g/mol. The number of hydrogen-bond donors (Lipinski definition) is 5. The van der Waals surface area contributed by atoms with Crippen LogP contribution in [0.25, 0.3) is 0 Å². The molecule has 0 saturated carbocycles. The molecular formula is C16H31GdN5O9. The Morgan fingerprint density at radius 1 is 0.581 bits per heavy atom. The molecule has 0 bridgehead atoms. The van der Waals surface area contributed by atoms with Crippen LogP contribution in [0, 0.1) is 39.9 Å². The zero-order valence-electron chi connectivity index (χ0n) is 17.4. The number of carboxylic acids is 3. The van der Waals surface area contributed by atoms with E-state index in [4.69, 9.17) is 15.3 Å². The molecule has 0 atom stereocenters. The minimum Gasteiger partial charge on any atom is -0.480 e. The molecule has 2 amide bonds. The van der Waals surface area contributed by atoms with Crippen molar-refractivity contribution >= 4 is 29.7 Å². The molecule has 14 nitrogen and oxygen atoms in total. The summed E-state index contributed by atoms with van der Waals surface area (Å²) < 4.78 is 0. The van der Waals surface area contributed by atoms with Crippen molar-refractivity contribution in [2.75, 3.05) is 73.0 Å². The Morgan fingerprint density at radius 2 is 0.839 bits per heavy atom. The molecule has 0 aromatic rings. The Labute approximate surface area is 211 Å². The Bertz CT molecular complexity index is 552. The summed E-state index contributed by atoms with van der Waals surface area (Å²) in [6.07, 6.45) is 0. The number of nitrogens with one attached hydrogen (secondary N) is 2. The molecule has 0 aliphatic rings. The number of hydrogen-bond acceptors (Lipinski definition) is 8. The summed E-state index contributed by atoms with van der Waals surface area (Å²) in [6.45, 7) is -0.969. The topological polar surface area (TPSA) is 211 Å². The van der Waals surface area contributed by atoms with Crippen molar-refractivity contribution < 1.29 is 84.7 Å². The maximum atomic E-state index is 11.5. The molecule has 0 fully saturated rings. The van der Waals surface area contributed by atoms with Crippen LogP contribution in [0.5, 0.6) is 0 Å². The molecule has 0 aromatic carbocycles. The fourth-order valence-corrected chi connectivity index (χ4v) is 2.40. The van der Waals surface area contributed by atoms with Gasteiger partial charge in [-0.25, -0.2) is 0 Å². The van der Waals surface area contributed by atoms with E-state index in [-0.39, 0.29) is 103 Å². The number of carbonyl (C=O) groups is 5.